The second kappa shape index (κ2) is 10.2. The number of aromatic nitrogens is 1. The second-order valence-corrected chi connectivity index (χ2v) is 10.4. The van der Waals surface area contributed by atoms with Crippen LogP contribution in [-0.2, 0) is 14.4 Å². The average molecular weight is 561 g/mol. The van der Waals surface area contributed by atoms with Crippen molar-refractivity contribution in [3.05, 3.63) is 47.3 Å². The highest BCUT2D eigenvalue weighted by atomic mass is 19.1. The van der Waals surface area contributed by atoms with Crippen LogP contribution in [-0.4, -0.2) is 71.4 Å². The third kappa shape index (κ3) is 4.88. The molecule has 1 aromatic heterocycles. The van der Waals surface area contributed by atoms with Crippen molar-refractivity contribution < 1.29 is 37.5 Å². The van der Waals surface area contributed by atoms with Crippen LogP contribution in [0.2, 0.25) is 0 Å². The maximum absolute atomic E-state index is 15.3. The fourth-order valence-electron chi connectivity index (χ4n) is 5.38. The first-order valence-corrected chi connectivity index (χ1v) is 12.7. The number of carboxylic acids is 1. The number of benzene rings is 1. The molecule has 5 rings (SSSR count). The molecule has 0 bridgehead atoms. The van der Waals surface area contributed by atoms with E-state index in [1.54, 1.807) is 11.8 Å². The normalized spacial score (nSPS) is 24.7. The van der Waals surface area contributed by atoms with Gasteiger partial charge in [-0.05, 0) is 43.9 Å². The number of carbonyl (C=O) groups excluding carboxylic acids is 3. The number of fused-ring (bicyclic) bond motifs is 2. The van der Waals surface area contributed by atoms with E-state index < -0.39 is 65.6 Å². The van der Waals surface area contributed by atoms with Crippen molar-refractivity contribution in [3.8, 4) is 0 Å². The second-order valence-electron chi connectivity index (χ2n) is 10.4. The number of hydrogen-bond donors (Lipinski definition) is 4. The quantitative estimate of drug-likeness (QED) is 0.359. The van der Waals surface area contributed by atoms with Gasteiger partial charge in [-0.2, -0.15) is 0 Å². The van der Waals surface area contributed by atoms with Gasteiger partial charge in [0.2, 0.25) is 11.8 Å². The van der Waals surface area contributed by atoms with E-state index >= 15 is 4.39 Å². The number of anilines is 3. The van der Waals surface area contributed by atoms with Crippen LogP contribution >= 0.6 is 0 Å². The summed E-state index contributed by atoms with van der Waals surface area (Å²) < 4.78 is 43.6. The van der Waals surface area contributed by atoms with Crippen molar-refractivity contribution in [1.29, 1.82) is 0 Å². The van der Waals surface area contributed by atoms with Crippen molar-refractivity contribution in [3.63, 3.8) is 0 Å². The zero-order chi connectivity index (χ0) is 29.0. The molecule has 212 valence electrons. The van der Waals surface area contributed by atoms with E-state index in [1.807, 2.05) is 0 Å². The molecular formula is C26H27F3N6O5. The minimum Gasteiger partial charge on any atom is -0.481 e. The smallest absolute Gasteiger partial charge is 0.316 e. The molecule has 1 aromatic carbocycles. The molecule has 2 fully saturated rings. The van der Waals surface area contributed by atoms with Crippen LogP contribution in [0.4, 0.5) is 30.5 Å². The lowest BCUT2D eigenvalue weighted by atomic mass is 9.92. The summed E-state index contributed by atoms with van der Waals surface area (Å²) >= 11 is 0. The third-order valence-corrected chi connectivity index (χ3v) is 7.63. The summed E-state index contributed by atoms with van der Waals surface area (Å²) in [6.45, 7) is 3.35. The summed E-state index contributed by atoms with van der Waals surface area (Å²) in [4.78, 5) is 55.7. The first-order chi connectivity index (χ1) is 18.9. The van der Waals surface area contributed by atoms with Gasteiger partial charge < -0.3 is 26.0 Å². The average Bonchev–Trinajstić information content (AvgIpc) is 3.31. The largest absolute Gasteiger partial charge is 0.481 e. The predicted octanol–water partition coefficient (Wildman–Crippen LogP) is 0.937. The van der Waals surface area contributed by atoms with Crippen molar-refractivity contribution in [2.45, 2.75) is 32.0 Å². The Bertz CT molecular complexity index is 1410. The molecule has 11 nitrogen and oxygen atoms in total. The van der Waals surface area contributed by atoms with Gasteiger partial charge in [0.15, 0.2) is 17.4 Å². The molecule has 0 spiro atoms. The zero-order valence-corrected chi connectivity index (χ0v) is 21.5. The lowest BCUT2D eigenvalue weighted by Gasteiger charge is -2.34. The number of Topliss-reactive ketones (excluding diaryl/α,β-unsaturated/α-hetero) is 1. The Hall–Kier alpha value is -4.04. The number of amides is 2. The van der Waals surface area contributed by atoms with Gasteiger partial charge in [0, 0.05) is 31.7 Å². The van der Waals surface area contributed by atoms with E-state index in [0.29, 0.717) is 19.2 Å². The van der Waals surface area contributed by atoms with Gasteiger partial charge in [-0.25, -0.2) is 18.2 Å². The Morgan fingerprint density at radius 3 is 2.30 bits per heavy atom. The number of carboxylic acid groups (broad SMARTS) is 1. The molecule has 3 unspecified atom stereocenters. The first kappa shape index (κ1) is 27.5. The Morgan fingerprint density at radius 2 is 1.70 bits per heavy atom. The highest BCUT2D eigenvalue weighted by Gasteiger charge is 2.57. The number of carbonyl (C=O) groups is 4. The minimum atomic E-state index is -1.60. The van der Waals surface area contributed by atoms with Crippen LogP contribution in [0.15, 0.2) is 24.3 Å². The highest BCUT2D eigenvalue weighted by molar-refractivity contribution is 6.13. The molecule has 1 aliphatic carbocycles. The van der Waals surface area contributed by atoms with Crippen LogP contribution in [0.1, 0.15) is 24.2 Å². The molecule has 2 aliphatic heterocycles. The number of nitrogens with one attached hydrogen (secondary N) is 2. The molecule has 3 heterocycles. The maximum atomic E-state index is 15.3. The number of ketones is 1. The standard InChI is InChI=1S/C26H27F3N6O5/c1-10(30)24(37)33-25(38)11(2)31-20-14-7-34(8-15(14)20)23-18(29)6-13-21(36)16(26(39)40)9-35(22(13)32-23)19-4-3-12(27)5-17(19)28/h3-6,10-11,14-16,20,31H,7-9,30H2,1-2H3,(H,39,40)(H,33,37,38)/t10-,11?,14-,15+,16?,20?/m0/s1. The van der Waals surface area contributed by atoms with E-state index in [4.69, 9.17) is 5.73 Å². The fourth-order valence-corrected chi connectivity index (χ4v) is 5.38. The first-order valence-electron chi connectivity index (χ1n) is 12.7. The Balaban J connectivity index is 1.35. The molecular weight excluding hydrogens is 533 g/mol. The molecule has 2 amide bonds. The molecule has 1 saturated carbocycles. The monoisotopic (exact) mass is 560 g/mol. The Labute approximate surface area is 226 Å². The van der Waals surface area contributed by atoms with E-state index in [2.05, 4.69) is 15.6 Å². The molecule has 1 saturated heterocycles. The summed E-state index contributed by atoms with van der Waals surface area (Å²) in [5.74, 6) is -7.79. The van der Waals surface area contributed by atoms with Gasteiger partial charge in [0.25, 0.3) is 0 Å². The van der Waals surface area contributed by atoms with Crippen LogP contribution in [0.5, 0.6) is 0 Å². The third-order valence-electron chi connectivity index (χ3n) is 7.63. The molecule has 40 heavy (non-hydrogen) atoms. The van der Waals surface area contributed by atoms with Gasteiger partial charge in [0.05, 0.1) is 23.3 Å². The number of halogens is 3. The topological polar surface area (TPSA) is 158 Å². The number of hydrogen-bond acceptors (Lipinski definition) is 9. The zero-order valence-electron chi connectivity index (χ0n) is 21.5. The predicted molar refractivity (Wildman–Crippen MR) is 135 cm³/mol. The van der Waals surface area contributed by atoms with Gasteiger partial charge >= 0.3 is 5.97 Å². The van der Waals surface area contributed by atoms with Crippen molar-refractivity contribution >= 4 is 40.9 Å². The van der Waals surface area contributed by atoms with Gasteiger partial charge in [-0.15, -0.1) is 0 Å². The van der Waals surface area contributed by atoms with Crippen molar-refractivity contribution in [2.24, 2.45) is 23.5 Å². The van der Waals surface area contributed by atoms with E-state index in [1.165, 1.54) is 6.92 Å². The van der Waals surface area contributed by atoms with Crippen LogP contribution < -0.4 is 26.2 Å². The fraction of sp³-hybridized carbons (Fsp3) is 0.423. The lowest BCUT2D eigenvalue weighted by Crippen LogP contribution is -2.50. The van der Waals surface area contributed by atoms with Crippen molar-refractivity contribution in [1.82, 2.24) is 15.6 Å². The lowest BCUT2D eigenvalue weighted by molar-refractivity contribution is -0.139. The number of nitrogens with two attached hydrogens (primary N) is 1. The van der Waals surface area contributed by atoms with E-state index in [-0.39, 0.29) is 40.8 Å². The summed E-state index contributed by atoms with van der Waals surface area (Å²) in [5, 5.41) is 15.0. The van der Waals surface area contributed by atoms with Gasteiger partial charge in [-0.3, -0.25) is 24.5 Å². The molecule has 3 aliphatic rings. The molecule has 14 heteroatoms. The summed E-state index contributed by atoms with van der Waals surface area (Å²) in [7, 11) is 0. The Morgan fingerprint density at radius 1 is 1.02 bits per heavy atom. The highest BCUT2D eigenvalue weighted by Crippen LogP contribution is 2.48. The van der Waals surface area contributed by atoms with Crippen LogP contribution in [0, 0.1) is 35.2 Å². The molecule has 6 atom stereocenters. The van der Waals surface area contributed by atoms with E-state index in [0.717, 1.165) is 23.1 Å². The number of imide groups is 1. The Kier molecular flexibility index (Phi) is 7.00. The van der Waals surface area contributed by atoms with Crippen molar-refractivity contribution in [2.75, 3.05) is 29.4 Å². The molecule has 0 radical (unpaired) electrons. The van der Waals surface area contributed by atoms with Crippen LogP contribution in [0.25, 0.3) is 0 Å². The van der Waals surface area contributed by atoms with Gasteiger partial charge in [0.1, 0.15) is 23.4 Å². The summed E-state index contributed by atoms with van der Waals surface area (Å²) in [5.41, 5.74) is 4.96. The molecule has 2 aromatic rings. The summed E-state index contributed by atoms with van der Waals surface area (Å²) in [6, 6.07) is 2.08. The summed E-state index contributed by atoms with van der Waals surface area (Å²) in [6.07, 6.45) is 0. The van der Waals surface area contributed by atoms with Crippen LogP contribution in [0.3, 0.4) is 0 Å². The number of aliphatic carboxylic acids is 1. The minimum absolute atomic E-state index is 0.0502. The van der Waals surface area contributed by atoms with E-state index in [9.17, 15) is 33.1 Å². The SMILES string of the molecule is CC(NC1[C@H]2CN(c3nc4c(cc3F)C(=O)C(C(=O)O)CN4c3ccc(F)cc3F)C[C@@H]12)C(=O)NC(=O)[C@H](C)N. The van der Waals surface area contributed by atoms with Gasteiger partial charge in [-0.1, -0.05) is 0 Å². The number of nitrogens with zero attached hydrogens (tertiary/aromatic N) is 3. The molecule has 5 N–H and O–H groups in total. The number of rotatable bonds is 7. The number of piperidine rings is 1. The number of pyridine rings is 1. The maximum Gasteiger partial charge on any atom is 0.316 e.